The van der Waals surface area contributed by atoms with Crippen molar-refractivity contribution in [3.63, 3.8) is 0 Å². The highest BCUT2D eigenvalue weighted by Crippen LogP contribution is 2.14. The number of rotatable bonds is 5. The standard InChI is InChI=1S/C12H15N5O/c1-18-10-4-2-3-9(5-10)7-14-11-6-12(17-13)16-8-15-11/h2-6,8H,7,13H2,1H3,(H2,14,15,16,17). The van der Waals surface area contributed by atoms with Crippen LogP contribution in [0.5, 0.6) is 5.75 Å². The van der Waals surface area contributed by atoms with E-state index in [4.69, 9.17) is 10.6 Å². The molecule has 0 aliphatic heterocycles. The SMILES string of the molecule is COc1cccc(CNc2cc(NN)ncn2)c1. The fourth-order valence-corrected chi connectivity index (χ4v) is 1.51. The van der Waals surface area contributed by atoms with Crippen molar-refractivity contribution < 1.29 is 4.74 Å². The normalized spacial score (nSPS) is 9.89. The number of nitrogen functional groups attached to an aromatic ring is 1. The summed E-state index contributed by atoms with van der Waals surface area (Å²) in [6, 6.07) is 9.57. The summed E-state index contributed by atoms with van der Waals surface area (Å²) in [7, 11) is 1.65. The van der Waals surface area contributed by atoms with E-state index in [1.807, 2.05) is 24.3 Å². The second-order valence-electron chi connectivity index (χ2n) is 3.64. The van der Waals surface area contributed by atoms with Crippen molar-refractivity contribution in [2.45, 2.75) is 6.54 Å². The zero-order valence-electron chi connectivity index (χ0n) is 10.1. The molecule has 94 valence electrons. The first kappa shape index (κ1) is 12.1. The third-order valence-corrected chi connectivity index (χ3v) is 2.42. The lowest BCUT2D eigenvalue weighted by atomic mass is 10.2. The largest absolute Gasteiger partial charge is 0.497 e. The monoisotopic (exact) mass is 245 g/mol. The predicted molar refractivity (Wildman–Crippen MR) is 70.2 cm³/mol. The smallest absolute Gasteiger partial charge is 0.145 e. The number of hydrogen-bond acceptors (Lipinski definition) is 6. The van der Waals surface area contributed by atoms with Crippen molar-refractivity contribution in [2.24, 2.45) is 5.84 Å². The first-order valence-corrected chi connectivity index (χ1v) is 5.47. The van der Waals surface area contributed by atoms with E-state index in [1.165, 1.54) is 6.33 Å². The van der Waals surface area contributed by atoms with Crippen LogP contribution in [0.2, 0.25) is 0 Å². The molecule has 6 heteroatoms. The summed E-state index contributed by atoms with van der Waals surface area (Å²) in [6.45, 7) is 0.651. The van der Waals surface area contributed by atoms with Gasteiger partial charge in [-0.05, 0) is 17.7 Å². The second kappa shape index (κ2) is 5.83. The topological polar surface area (TPSA) is 85.1 Å². The number of anilines is 2. The quantitative estimate of drug-likeness (QED) is 0.545. The molecule has 1 heterocycles. The van der Waals surface area contributed by atoms with Gasteiger partial charge in [0.25, 0.3) is 0 Å². The molecule has 0 saturated carbocycles. The zero-order chi connectivity index (χ0) is 12.8. The van der Waals surface area contributed by atoms with Gasteiger partial charge in [-0.3, -0.25) is 0 Å². The maximum atomic E-state index is 5.28. The van der Waals surface area contributed by atoms with Crippen molar-refractivity contribution in [1.82, 2.24) is 9.97 Å². The summed E-state index contributed by atoms with van der Waals surface area (Å²) in [4.78, 5) is 8.03. The Morgan fingerprint density at radius 1 is 1.22 bits per heavy atom. The van der Waals surface area contributed by atoms with Gasteiger partial charge in [0.2, 0.25) is 0 Å². The average molecular weight is 245 g/mol. The van der Waals surface area contributed by atoms with Crippen LogP contribution in [0.15, 0.2) is 36.7 Å². The van der Waals surface area contributed by atoms with Crippen LogP contribution in [-0.2, 0) is 6.54 Å². The lowest BCUT2D eigenvalue weighted by Gasteiger charge is -2.07. The fraction of sp³-hybridized carbons (Fsp3) is 0.167. The third-order valence-electron chi connectivity index (χ3n) is 2.42. The Morgan fingerprint density at radius 2 is 2.06 bits per heavy atom. The van der Waals surface area contributed by atoms with E-state index in [0.717, 1.165) is 11.3 Å². The number of nitrogens with two attached hydrogens (primary N) is 1. The van der Waals surface area contributed by atoms with Gasteiger partial charge in [0.15, 0.2) is 0 Å². The van der Waals surface area contributed by atoms with Crippen molar-refractivity contribution in [2.75, 3.05) is 17.9 Å². The lowest BCUT2D eigenvalue weighted by Crippen LogP contribution is -2.10. The lowest BCUT2D eigenvalue weighted by molar-refractivity contribution is 0.414. The molecule has 0 aliphatic carbocycles. The molecule has 2 rings (SSSR count). The highest BCUT2D eigenvalue weighted by atomic mass is 16.5. The van der Waals surface area contributed by atoms with E-state index in [0.29, 0.717) is 18.2 Å². The Kier molecular flexibility index (Phi) is 3.93. The molecule has 18 heavy (non-hydrogen) atoms. The summed E-state index contributed by atoms with van der Waals surface area (Å²) < 4.78 is 5.16. The molecule has 4 N–H and O–H groups in total. The van der Waals surface area contributed by atoms with Crippen LogP contribution in [0, 0.1) is 0 Å². The molecular formula is C12H15N5O. The molecular weight excluding hydrogens is 230 g/mol. The molecule has 0 atom stereocenters. The Bertz CT molecular complexity index is 470. The van der Waals surface area contributed by atoms with E-state index in [1.54, 1.807) is 13.2 Å². The summed E-state index contributed by atoms with van der Waals surface area (Å²) >= 11 is 0. The summed E-state index contributed by atoms with van der Waals surface area (Å²) in [5.41, 5.74) is 3.58. The van der Waals surface area contributed by atoms with Crippen molar-refractivity contribution in [3.05, 3.63) is 42.2 Å². The van der Waals surface area contributed by atoms with Gasteiger partial charge in [0.05, 0.1) is 7.11 Å². The molecule has 1 aromatic heterocycles. The third kappa shape index (κ3) is 3.08. The Balaban J connectivity index is 2.01. The highest BCUT2D eigenvalue weighted by molar-refractivity contribution is 5.46. The van der Waals surface area contributed by atoms with Crippen LogP contribution in [0.25, 0.3) is 0 Å². The van der Waals surface area contributed by atoms with Crippen LogP contribution in [0.4, 0.5) is 11.6 Å². The summed E-state index contributed by atoms with van der Waals surface area (Å²) in [5, 5.41) is 3.18. The molecule has 0 saturated heterocycles. The molecule has 0 aliphatic rings. The first-order valence-electron chi connectivity index (χ1n) is 5.47. The number of nitrogens with one attached hydrogen (secondary N) is 2. The Morgan fingerprint density at radius 3 is 2.83 bits per heavy atom. The molecule has 6 nitrogen and oxygen atoms in total. The van der Waals surface area contributed by atoms with E-state index in [-0.39, 0.29) is 0 Å². The molecule has 0 fully saturated rings. The summed E-state index contributed by atoms with van der Waals surface area (Å²) in [5.74, 6) is 7.39. The Labute approximate surface area is 105 Å². The fourth-order valence-electron chi connectivity index (χ4n) is 1.51. The van der Waals surface area contributed by atoms with Gasteiger partial charge < -0.3 is 15.5 Å². The van der Waals surface area contributed by atoms with Crippen molar-refractivity contribution in [3.8, 4) is 5.75 Å². The van der Waals surface area contributed by atoms with Crippen LogP contribution in [0.3, 0.4) is 0 Å². The highest BCUT2D eigenvalue weighted by Gasteiger charge is 1.99. The van der Waals surface area contributed by atoms with E-state index < -0.39 is 0 Å². The van der Waals surface area contributed by atoms with Gasteiger partial charge in [-0.2, -0.15) is 0 Å². The van der Waals surface area contributed by atoms with Gasteiger partial charge >= 0.3 is 0 Å². The van der Waals surface area contributed by atoms with Crippen LogP contribution in [0.1, 0.15) is 5.56 Å². The maximum absolute atomic E-state index is 5.28. The minimum Gasteiger partial charge on any atom is -0.497 e. The maximum Gasteiger partial charge on any atom is 0.145 e. The molecule has 2 aromatic rings. The van der Waals surface area contributed by atoms with E-state index in [9.17, 15) is 0 Å². The molecule has 0 amide bonds. The minimum atomic E-state index is 0.568. The molecule has 0 radical (unpaired) electrons. The van der Waals surface area contributed by atoms with Gasteiger partial charge in [-0.15, -0.1) is 0 Å². The number of methoxy groups -OCH3 is 1. The molecule has 0 spiro atoms. The minimum absolute atomic E-state index is 0.568. The van der Waals surface area contributed by atoms with E-state index in [2.05, 4.69) is 20.7 Å². The van der Waals surface area contributed by atoms with Gasteiger partial charge in [0, 0.05) is 12.6 Å². The molecule has 0 bridgehead atoms. The molecule has 0 unspecified atom stereocenters. The van der Waals surface area contributed by atoms with Gasteiger partial charge in [0.1, 0.15) is 23.7 Å². The van der Waals surface area contributed by atoms with Crippen molar-refractivity contribution >= 4 is 11.6 Å². The van der Waals surface area contributed by atoms with Gasteiger partial charge in [-0.1, -0.05) is 12.1 Å². The van der Waals surface area contributed by atoms with Crippen LogP contribution in [-0.4, -0.2) is 17.1 Å². The number of aromatic nitrogens is 2. The second-order valence-corrected chi connectivity index (χ2v) is 3.64. The Hall–Kier alpha value is -2.34. The number of benzene rings is 1. The van der Waals surface area contributed by atoms with Crippen molar-refractivity contribution in [1.29, 1.82) is 0 Å². The summed E-state index contributed by atoms with van der Waals surface area (Å²) in [6.07, 6.45) is 1.45. The average Bonchev–Trinajstić information content (AvgIpc) is 2.45. The number of nitrogens with zero attached hydrogens (tertiary/aromatic N) is 2. The molecule has 1 aromatic carbocycles. The zero-order valence-corrected chi connectivity index (χ0v) is 10.1. The van der Waals surface area contributed by atoms with Crippen LogP contribution >= 0.6 is 0 Å². The predicted octanol–water partition coefficient (Wildman–Crippen LogP) is 1.38. The number of hydrogen-bond donors (Lipinski definition) is 3. The van der Waals surface area contributed by atoms with Gasteiger partial charge in [-0.25, -0.2) is 15.8 Å². The van der Waals surface area contributed by atoms with E-state index >= 15 is 0 Å². The first-order chi connectivity index (χ1) is 8.81. The number of ether oxygens (including phenoxy) is 1. The van der Waals surface area contributed by atoms with Crippen LogP contribution < -0.4 is 21.3 Å². The number of hydrazine groups is 1.